The molecule has 0 aromatic heterocycles. The third-order valence-corrected chi connectivity index (χ3v) is 3.34. The van der Waals surface area contributed by atoms with Crippen LogP contribution in [0.1, 0.15) is 10.4 Å². The van der Waals surface area contributed by atoms with E-state index in [9.17, 15) is 14.0 Å². The first-order valence-electron chi connectivity index (χ1n) is 4.91. The van der Waals surface area contributed by atoms with Crippen LogP contribution in [0.25, 0.3) is 0 Å². The van der Waals surface area contributed by atoms with Crippen molar-refractivity contribution in [1.82, 2.24) is 5.32 Å². The summed E-state index contributed by atoms with van der Waals surface area (Å²) in [7, 11) is 1.27. The number of nitrogens with one attached hydrogen (secondary N) is 1. The molecule has 0 radical (unpaired) electrons. The van der Waals surface area contributed by atoms with Crippen LogP contribution in [-0.4, -0.2) is 29.5 Å². The molecule has 0 fully saturated rings. The topological polar surface area (TPSA) is 55.4 Å². The van der Waals surface area contributed by atoms with Crippen molar-refractivity contribution in [3.63, 3.8) is 0 Å². The molecule has 0 saturated heterocycles. The third kappa shape index (κ3) is 4.09. The largest absolute Gasteiger partial charge is 0.468 e. The maximum Gasteiger partial charge on any atom is 0.320 e. The quantitative estimate of drug-likeness (QED) is 0.491. The normalized spacial score (nSPS) is 11.8. The van der Waals surface area contributed by atoms with Gasteiger partial charge in [0.1, 0.15) is 9.74 Å². The predicted molar refractivity (Wildman–Crippen MR) is 73.6 cm³/mol. The van der Waals surface area contributed by atoms with E-state index in [2.05, 4.69) is 10.1 Å². The fourth-order valence-corrected chi connectivity index (χ4v) is 1.72. The Hall–Kier alpha value is -0.890. The van der Waals surface area contributed by atoms with Crippen LogP contribution in [-0.2, 0) is 9.53 Å². The molecule has 1 aromatic rings. The van der Waals surface area contributed by atoms with Crippen LogP contribution in [0.4, 0.5) is 4.39 Å². The minimum atomic E-state index is -0.664. The zero-order valence-electron chi connectivity index (χ0n) is 9.38. The van der Waals surface area contributed by atoms with E-state index in [1.54, 1.807) is 0 Å². The van der Waals surface area contributed by atoms with Gasteiger partial charge in [-0.1, -0.05) is 34.2 Å². The number of amides is 1. The molecule has 1 N–H and O–H groups in total. The Balaban J connectivity index is 2.60. The first-order valence-corrected chi connectivity index (χ1v) is 6.53. The lowest BCUT2D eigenvalue weighted by molar-refractivity contribution is -0.139. The van der Waals surface area contributed by atoms with E-state index in [1.165, 1.54) is 19.2 Å². The Morgan fingerprint density at radius 3 is 2.78 bits per heavy atom. The van der Waals surface area contributed by atoms with Gasteiger partial charge in [-0.25, -0.2) is 4.39 Å². The van der Waals surface area contributed by atoms with Gasteiger partial charge in [-0.3, -0.25) is 9.59 Å². The molecule has 0 heterocycles. The van der Waals surface area contributed by atoms with Crippen molar-refractivity contribution in [1.29, 1.82) is 0 Å². The number of esters is 1. The highest BCUT2D eigenvalue weighted by Gasteiger charge is 2.16. The molecular formula is C11H10ClFINO3. The lowest BCUT2D eigenvalue weighted by Crippen LogP contribution is -2.33. The van der Waals surface area contributed by atoms with Gasteiger partial charge < -0.3 is 10.1 Å². The van der Waals surface area contributed by atoms with Crippen LogP contribution < -0.4 is 5.32 Å². The minimum Gasteiger partial charge on any atom is -0.468 e. The van der Waals surface area contributed by atoms with E-state index in [4.69, 9.17) is 11.6 Å². The summed E-state index contributed by atoms with van der Waals surface area (Å²) < 4.78 is 17.2. The smallest absolute Gasteiger partial charge is 0.320 e. The van der Waals surface area contributed by atoms with Crippen molar-refractivity contribution in [3.05, 3.63) is 34.6 Å². The molecule has 0 aliphatic carbocycles. The summed E-state index contributed by atoms with van der Waals surface area (Å²) in [6.07, 6.45) is 0. The first-order chi connectivity index (χ1) is 8.45. The fourth-order valence-electron chi connectivity index (χ4n) is 1.13. The highest BCUT2D eigenvalue weighted by atomic mass is 127. The maximum absolute atomic E-state index is 13.1. The summed E-state index contributed by atoms with van der Waals surface area (Å²) in [4.78, 5) is 22.7. The van der Waals surface area contributed by atoms with Gasteiger partial charge in [-0.15, -0.1) is 0 Å². The molecule has 0 spiro atoms. The van der Waals surface area contributed by atoms with Crippen molar-refractivity contribution in [2.24, 2.45) is 0 Å². The summed E-state index contributed by atoms with van der Waals surface area (Å²) in [5.74, 6) is -1.57. The second-order valence-corrected chi connectivity index (χ2v) is 5.24. The molecule has 1 amide bonds. The number of hydrogen-bond donors (Lipinski definition) is 1. The minimum absolute atomic E-state index is 0.0483. The van der Waals surface area contributed by atoms with Gasteiger partial charge in [0.05, 0.1) is 12.1 Å². The Morgan fingerprint density at radius 1 is 1.56 bits per heavy atom. The van der Waals surface area contributed by atoms with Gasteiger partial charge in [0.2, 0.25) is 0 Å². The van der Waals surface area contributed by atoms with Gasteiger partial charge >= 0.3 is 5.97 Å². The molecule has 0 aliphatic heterocycles. The number of alkyl halides is 1. The average molecular weight is 386 g/mol. The highest BCUT2D eigenvalue weighted by molar-refractivity contribution is 14.1. The van der Waals surface area contributed by atoms with E-state index in [0.29, 0.717) is 0 Å². The molecule has 1 aromatic carbocycles. The van der Waals surface area contributed by atoms with Gasteiger partial charge in [0, 0.05) is 12.1 Å². The van der Waals surface area contributed by atoms with Gasteiger partial charge in [-0.05, 0) is 18.2 Å². The van der Waals surface area contributed by atoms with Gasteiger partial charge in [-0.2, -0.15) is 0 Å². The number of carbonyl (C=O) groups is 2. The SMILES string of the molecule is COC(=O)C(I)CNC(=O)c1ccc(Cl)c(F)c1. The van der Waals surface area contributed by atoms with E-state index in [0.717, 1.165) is 6.07 Å². The molecule has 98 valence electrons. The lowest BCUT2D eigenvalue weighted by Gasteiger charge is -2.09. The number of rotatable bonds is 4. The number of benzene rings is 1. The first kappa shape index (κ1) is 15.2. The number of methoxy groups -OCH3 is 1. The van der Waals surface area contributed by atoms with Gasteiger partial charge in [0.15, 0.2) is 0 Å². The molecular weight excluding hydrogens is 375 g/mol. The van der Waals surface area contributed by atoms with Crippen molar-refractivity contribution < 1.29 is 18.7 Å². The summed E-state index contributed by atoms with van der Waals surface area (Å²) in [6.45, 7) is 0.107. The molecule has 0 aliphatic rings. The predicted octanol–water partition coefficient (Wildman–Crippen LogP) is 2.19. The summed E-state index contributed by atoms with van der Waals surface area (Å²) in [5, 5.41) is 2.46. The molecule has 1 rings (SSSR count). The Kier molecular flexibility index (Phi) is 5.80. The van der Waals surface area contributed by atoms with Crippen LogP contribution in [0.15, 0.2) is 18.2 Å². The second kappa shape index (κ2) is 6.89. The van der Waals surface area contributed by atoms with Crippen LogP contribution in [0.2, 0.25) is 5.02 Å². The monoisotopic (exact) mass is 385 g/mol. The van der Waals surface area contributed by atoms with E-state index in [1.807, 2.05) is 22.6 Å². The van der Waals surface area contributed by atoms with Crippen molar-refractivity contribution in [2.45, 2.75) is 3.92 Å². The van der Waals surface area contributed by atoms with Crippen LogP contribution >= 0.6 is 34.2 Å². The molecule has 1 unspecified atom stereocenters. The molecule has 1 atom stereocenters. The standard InChI is InChI=1S/C11H10ClFINO3/c1-18-11(17)9(14)5-15-10(16)6-2-3-7(12)8(13)4-6/h2-4,9H,5H2,1H3,(H,15,16). The molecule has 7 heteroatoms. The number of carbonyl (C=O) groups excluding carboxylic acids is 2. The Labute approximate surface area is 122 Å². The van der Waals surface area contributed by atoms with Gasteiger partial charge in [0.25, 0.3) is 5.91 Å². The average Bonchev–Trinajstić information content (AvgIpc) is 2.37. The van der Waals surface area contributed by atoms with Crippen LogP contribution in [0.3, 0.4) is 0 Å². The second-order valence-electron chi connectivity index (χ2n) is 3.33. The van der Waals surface area contributed by atoms with E-state index >= 15 is 0 Å². The summed E-state index contributed by atoms with van der Waals surface area (Å²) in [6, 6.07) is 3.74. The number of halogens is 3. The molecule has 4 nitrogen and oxygen atoms in total. The molecule has 0 saturated carbocycles. The van der Waals surface area contributed by atoms with Crippen LogP contribution in [0, 0.1) is 5.82 Å². The van der Waals surface area contributed by atoms with E-state index in [-0.39, 0.29) is 17.1 Å². The van der Waals surface area contributed by atoms with Crippen molar-refractivity contribution >= 4 is 46.1 Å². The number of hydrogen-bond acceptors (Lipinski definition) is 3. The van der Waals surface area contributed by atoms with Crippen LogP contribution in [0.5, 0.6) is 0 Å². The molecule has 0 bridgehead atoms. The summed E-state index contributed by atoms with van der Waals surface area (Å²) in [5.41, 5.74) is 0.144. The third-order valence-electron chi connectivity index (χ3n) is 2.08. The zero-order valence-corrected chi connectivity index (χ0v) is 12.3. The Morgan fingerprint density at radius 2 is 2.22 bits per heavy atom. The van der Waals surface area contributed by atoms with Crippen molar-refractivity contribution in [2.75, 3.05) is 13.7 Å². The maximum atomic E-state index is 13.1. The number of ether oxygens (including phenoxy) is 1. The van der Waals surface area contributed by atoms with Crippen molar-refractivity contribution in [3.8, 4) is 0 Å². The fraction of sp³-hybridized carbons (Fsp3) is 0.273. The highest BCUT2D eigenvalue weighted by Crippen LogP contribution is 2.15. The molecule has 18 heavy (non-hydrogen) atoms. The Bertz CT molecular complexity index is 470. The van der Waals surface area contributed by atoms with E-state index < -0.39 is 21.6 Å². The lowest BCUT2D eigenvalue weighted by atomic mass is 10.2. The zero-order chi connectivity index (χ0) is 13.7. The summed E-state index contributed by atoms with van der Waals surface area (Å²) >= 11 is 7.35.